The zero-order valence-corrected chi connectivity index (χ0v) is 17.7. The number of nitrogens with one attached hydrogen (secondary N) is 1. The summed E-state index contributed by atoms with van der Waals surface area (Å²) in [5, 5.41) is 2.76. The number of anilines is 2. The number of ether oxygens (including phenoxy) is 2. The average molecular weight is 422 g/mol. The molecule has 0 aliphatic carbocycles. The van der Waals surface area contributed by atoms with Crippen LogP contribution in [0.3, 0.4) is 0 Å². The first-order valence-electron chi connectivity index (χ1n) is 10.2. The number of nitrogens with zero attached hydrogens (tertiary/aromatic N) is 4. The van der Waals surface area contributed by atoms with E-state index in [0.717, 1.165) is 5.69 Å². The molecule has 162 valence electrons. The summed E-state index contributed by atoms with van der Waals surface area (Å²) >= 11 is 0. The molecule has 2 aromatic heterocycles. The van der Waals surface area contributed by atoms with Crippen molar-refractivity contribution in [1.29, 1.82) is 0 Å². The highest BCUT2D eigenvalue weighted by Crippen LogP contribution is 2.21. The van der Waals surface area contributed by atoms with Gasteiger partial charge in [0, 0.05) is 43.0 Å². The number of allylic oxidation sites excluding steroid dienone is 3. The van der Waals surface area contributed by atoms with E-state index in [1.54, 1.807) is 36.6 Å². The summed E-state index contributed by atoms with van der Waals surface area (Å²) in [6.07, 6.45) is 9.08. The van der Waals surface area contributed by atoms with E-state index in [-0.39, 0.29) is 11.9 Å². The Bertz CT molecular complexity index is 937. The van der Waals surface area contributed by atoms with Crippen LogP contribution in [0.1, 0.15) is 12.6 Å². The van der Waals surface area contributed by atoms with Crippen LogP contribution < -0.4 is 15.0 Å². The van der Waals surface area contributed by atoms with E-state index in [2.05, 4.69) is 31.7 Å². The molecule has 31 heavy (non-hydrogen) atoms. The molecule has 0 bridgehead atoms. The van der Waals surface area contributed by atoms with Crippen molar-refractivity contribution in [2.45, 2.75) is 13.3 Å². The second kappa shape index (κ2) is 11.6. The third-order valence-corrected chi connectivity index (χ3v) is 4.49. The van der Waals surface area contributed by atoms with Crippen molar-refractivity contribution in [3.05, 3.63) is 72.6 Å². The molecule has 0 unspecified atom stereocenters. The summed E-state index contributed by atoms with van der Waals surface area (Å²) in [6, 6.07) is 7.55. The molecule has 0 atom stereocenters. The molecular formula is C23H27N5O3. The maximum Gasteiger partial charge on any atom is 0.258 e. The Balaban J connectivity index is 1.78. The smallest absolute Gasteiger partial charge is 0.258 e. The summed E-state index contributed by atoms with van der Waals surface area (Å²) in [7, 11) is 0. The summed E-state index contributed by atoms with van der Waals surface area (Å²) in [6.45, 7) is 8.56. The molecule has 0 radical (unpaired) electrons. The number of hydrogen-bond acceptors (Lipinski definition) is 7. The van der Waals surface area contributed by atoms with Gasteiger partial charge in [0.25, 0.3) is 5.91 Å². The Morgan fingerprint density at radius 1 is 1.32 bits per heavy atom. The van der Waals surface area contributed by atoms with E-state index in [4.69, 9.17) is 9.47 Å². The molecule has 0 spiro atoms. The van der Waals surface area contributed by atoms with Crippen LogP contribution in [-0.2, 0) is 16.0 Å². The lowest BCUT2D eigenvalue weighted by Gasteiger charge is -2.28. The number of hydrogen-bond donors (Lipinski definition) is 1. The van der Waals surface area contributed by atoms with Gasteiger partial charge < -0.3 is 14.4 Å². The zero-order chi connectivity index (χ0) is 21.9. The second-order valence-electron chi connectivity index (χ2n) is 6.72. The van der Waals surface area contributed by atoms with E-state index in [9.17, 15) is 4.79 Å². The number of pyridine rings is 1. The first-order chi connectivity index (χ1) is 15.2. The van der Waals surface area contributed by atoms with Crippen molar-refractivity contribution in [3.63, 3.8) is 0 Å². The van der Waals surface area contributed by atoms with Crippen molar-refractivity contribution < 1.29 is 14.3 Å². The molecule has 8 heteroatoms. The Hall–Kier alpha value is -3.52. The standard InChI is InChI=1S/C23H27N5O3/c1-3-7-18(8-4-2)22(29)27-23-25-20(28-12-15-30-16-13-28)17-21(26-23)31-14-10-19-9-5-6-11-24-19/h3-9,11,17H,1,10,12-16H2,2H3,(H,25,26,27,29)/b8-4-,18-7+. The largest absolute Gasteiger partial charge is 0.477 e. The van der Waals surface area contributed by atoms with Gasteiger partial charge >= 0.3 is 0 Å². The number of morpholine rings is 1. The van der Waals surface area contributed by atoms with Crippen LogP contribution in [0.5, 0.6) is 5.88 Å². The van der Waals surface area contributed by atoms with Crippen LogP contribution in [0.15, 0.2) is 66.9 Å². The SMILES string of the molecule is C=C/C=C(\C=C/C)C(=O)Nc1nc(OCCc2ccccn2)cc(N2CCOCC2)n1. The molecule has 2 aromatic rings. The number of carbonyl (C=O) groups excluding carboxylic acids is 1. The van der Waals surface area contributed by atoms with Gasteiger partial charge in [-0.2, -0.15) is 9.97 Å². The predicted molar refractivity (Wildman–Crippen MR) is 120 cm³/mol. The van der Waals surface area contributed by atoms with Crippen molar-refractivity contribution in [2.24, 2.45) is 0 Å². The summed E-state index contributed by atoms with van der Waals surface area (Å²) in [5.41, 5.74) is 1.39. The van der Waals surface area contributed by atoms with Gasteiger partial charge in [0.2, 0.25) is 11.8 Å². The zero-order valence-electron chi connectivity index (χ0n) is 17.7. The van der Waals surface area contributed by atoms with Crippen LogP contribution in [0, 0.1) is 0 Å². The van der Waals surface area contributed by atoms with Crippen LogP contribution in [0.25, 0.3) is 0 Å². The van der Waals surface area contributed by atoms with Crippen LogP contribution >= 0.6 is 0 Å². The van der Waals surface area contributed by atoms with Gasteiger partial charge in [0.15, 0.2) is 0 Å². The minimum Gasteiger partial charge on any atom is -0.477 e. The Labute approximate surface area is 182 Å². The highest BCUT2D eigenvalue weighted by molar-refractivity contribution is 6.05. The van der Waals surface area contributed by atoms with E-state index < -0.39 is 0 Å². The summed E-state index contributed by atoms with van der Waals surface area (Å²) < 4.78 is 11.3. The molecule has 1 amide bonds. The highest BCUT2D eigenvalue weighted by atomic mass is 16.5. The Kier molecular flexibility index (Phi) is 8.30. The van der Waals surface area contributed by atoms with Crippen LogP contribution in [0.2, 0.25) is 0 Å². The molecule has 3 rings (SSSR count). The first kappa shape index (κ1) is 22.2. The average Bonchev–Trinajstić information content (AvgIpc) is 2.80. The number of aromatic nitrogens is 3. The molecule has 0 saturated carbocycles. The number of rotatable bonds is 9. The molecule has 1 aliphatic rings. The lowest BCUT2D eigenvalue weighted by atomic mass is 10.2. The highest BCUT2D eigenvalue weighted by Gasteiger charge is 2.17. The quantitative estimate of drug-likeness (QED) is 0.492. The van der Waals surface area contributed by atoms with Crippen molar-refractivity contribution in [2.75, 3.05) is 43.1 Å². The van der Waals surface area contributed by atoms with Gasteiger partial charge in [-0.05, 0) is 19.1 Å². The third kappa shape index (κ3) is 6.75. The fourth-order valence-corrected chi connectivity index (χ4v) is 2.99. The van der Waals surface area contributed by atoms with Gasteiger partial charge in [0.1, 0.15) is 5.82 Å². The molecule has 0 aromatic carbocycles. The lowest BCUT2D eigenvalue weighted by Crippen LogP contribution is -2.37. The second-order valence-corrected chi connectivity index (χ2v) is 6.72. The molecule has 8 nitrogen and oxygen atoms in total. The monoisotopic (exact) mass is 421 g/mol. The normalized spacial score (nSPS) is 14.5. The number of amides is 1. The Morgan fingerprint density at radius 2 is 2.16 bits per heavy atom. The van der Waals surface area contributed by atoms with Crippen molar-refractivity contribution in [3.8, 4) is 5.88 Å². The maximum absolute atomic E-state index is 12.6. The minimum absolute atomic E-state index is 0.182. The predicted octanol–water partition coefficient (Wildman–Crippen LogP) is 2.96. The maximum atomic E-state index is 12.6. The van der Waals surface area contributed by atoms with E-state index in [0.29, 0.717) is 56.6 Å². The van der Waals surface area contributed by atoms with Crippen LogP contribution in [0.4, 0.5) is 11.8 Å². The van der Waals surface area contributed by atoms with Crippen molar-refractivity contribution >= 4 is 17.7 Å². The van der Waals surface area contributed by atoms with Gasteiger partial charge in [-0.3, -0.25) is 15.1 Å². The third-order valence-electron chi connectivity index (χ3n) is 4.49. The van der Waals surface area contributed by atoms with E-state index in [1.807, 2.05) is 25.1 Å². The lowest BCUT2D eigenvalue weighted by molar-refractivity contribution is -0.112. The molecule has 1 N–H and O–H groups in total. The van der Waals surface area contributed by atoms with Crippen LogP contribution in [-0.4, -0.2) is 53.8 Å². The molecule has 1 fully saturated rings. The minimum atomic E-state index is -0.323. The molecule has 1 aliphatic heterocycles. The van der Waals surface area contributed by atoms with Gasteiger partial charge in [-0.15, -0.1) is 0 Å². The van der Waals surface area contributed by atoms with E-state index >= 15 is 0 Å². The fourth-order valence-electron chi connectivity index (χ4n) is 2.99. The van der Waals surface area contributed by atoms with Gasteiger partial charge in [-0.25, -0.2) is 0 Å². The summed E-state index contributed by atoms with van der Waals surface area (Å²) in [4.78, 5) is 27.9. The summed E-state index contributed by atoms with van der Waals surface area (Å²) in [5.74, 6) is 0.933. The van der Waals surface area contributed by atoms with E-state index in [1.165, 1.54) is 0 Å². The van der Waals surface area contributed by atoms with Crippen molar-refractivity contribution in [1.82, 2.24) is 15.0 Å². The molecule has 3 heterocycles. The van der Waals surface area contributed by atoms with Gasteiger partial charge in [0.05, 0.1) is 19.8 Å². The Morgan fingerprint density at radius 3 is 2.87 bits per heavy atom. The first-order valence-corrected chi connectivity index (χ1v) is 10.2. The molecule has 1 saturated heterocycles. The molecular weight excluding hydrogens is 394 g/mol. The number of carbonyl (C=O) groups is 1. The van der Waals surface area contributed by atoms with Gasteiger partial charge in [-0.1, -0.05) is 36.9 Å². The topological polar surface area (TPSA) is 89.5 Å². The fraction of sp³-hybridized carbons (Fsp3) is 0.304.